The second-order valence-corrected chi connectivity index (χ2v) is 7.85. The van der Waals surface area contributed by atoms with Crippen molar-refractivity contribution < 1.29 is 8.42 Å². The number of aryl methyl sites for hydroxylation is 1. The molecule has 1 saturated carbocycles. The summed E-state index contributed by atoms with van der Waals surface area (Å²) in [6.45, 7) is 5.93. The van der Waals surface area contributed by atoms with Crippen molar-refractivity contribution in [3.8, 4) is 0 Å². The van der Waals surface area contributed by atoms with Crippen LogP contribution in [0.4, 0.5) is 0 Å². The Morgan fingerprint density at radius 3 is 2.71 bits per heavy atom. The van der Waals surface area contributed by atoms with E-state index in [4.69, 9.17) is 0 Å². The highest BCUT2D eigenvalue weighted by Gasteiger charge is 2.30. The first-order chi connectivity index (χ1) is 9.96. The first-order valence-electron chi connectivity index (χ1n) is 7.67. The molecule has 0 bridgehead atoms. The summed E-state index contributed by atoms with van der Waals surface area (Å²) < 4.78 is 26.8. The molecule has 1 aromatic heterocycles. The van der Waals surface area contributed by atoms with Gasteiger partial charge in [-0.1, -0.05) is 13.3 Å². The van der Waals surface area contributed by atoms with E-state index in [0.717, 1.165) is 37.1 Å². The molecule has 0 aromatic carbocycles. The van der Waals surface area contributed by atoms with Gasteiger partial charge in [0.15, 0.2) is 5.03 Å². The summed E-state index contributed by atoms with van der Waals surface area (Å²) >= 11 is 0. The molecule has 0 unspecified atom stereocenters. The highest BCUT2D eigenvalue weighted by molar-refractivity contribution is 7.89. The highest BCUT2D eigenvalue weighted by atomic mass is 32.2. The van der Waals surface area contributed by atoms with Crippen LogP contribution in [0.5, 0.6) is 0 Å². The number of rotatable bonds is 8. The van der Waals surface area contributed by atoms with Crippen LogP contribution >= 0.6 is 0 Å². The van der Waals surface area contributed by atoms with Gasteiger partial charge >= 0.3 is 0 Å². The summed E-state index contributed by atoms with van der Waals surface area (Å²) in [4.78, 5) is 0. The number of H-pyrrole nitrogens is 1. The van der Waals surface area contributed by atoms with E-state index in [9.17, 15) is 8.42 Å². The van der Waals surface area contributed by atoms with Gasteiger partial charge in [0.25, 0.3) is 10.0 Å². The molecular weight excluding hydrogens is 288 g/mol. The second kappa shape index (κ2) is 6.89. The van der Waals surface area contributed by atoms with Gasteiger partial charge in [-0.3, -0.25) is 5.10 Å². The summed E-state index contributed by atoms with van der Waals surface area (Å²) in [6, 6.07) is 0. The minimum absolute atomic E-state index is 0.172. The van der Waals surface area contributed by atoms with Crippen LogP contribution in [0, 0.1) is 12.8 Å². The van der Waals surface area contributed by atoms with E-state index in [2.05, 4.69) is 22.4 Å². The third-order valence-corrected chi connectivity index (χ3v) is 5.96. The largest absolute Gasteiger partial charge is 0.313 e. The van der Waals surface area contributed by atoms with E-state index in [1.807, 2.05) is 6.92 Å². The standard InChI is InChI=1S/C14H26N4O2S/c1-4-8-15-9-13-11(2)16-17-14(13)21(19,20)18(3)10-12-6-5-7-12/h12,15H,4-10H2,1-3H3,(H,16,17). The Kier molecular flexibility index (Phi) is 5.40. The molecule has 2 rings (SSSR count). The molecule has 7 heteroatoms. The van der Waals surface area contributed by atoms with Gasteiger partial charge in [-0.2, -0.15) is 9.40 Å². The minimum atomic E-state index is -3.51. The Hall–Kier alpha value is -0.920. The smallest absolute Gasteiger partial charge is 0.262 e. The molecule has 6 nitrogen and oxygen atoms in total. The summed E-state index contributed by atoms with van der Waals surface area (Å²) in [5, 5.41) is 10.3. The fourth-order valence-electron chi connectivity index (χ4n) is 2.53. The summed E-state index contributed by atoms with van der Waals surface area (Å²) in [5.74, 6) is 0.506. The lowest BCUT2D eigenvalue weighted by molar-refractivity contribution is 0.262. The highest BCUT2D eigenvalue weighted by Crippen LogP contribution is 2.29. The van der Waals surface area contributed by atoms with Crippen molar-refractivity contribution in [1.29, 1.82) is 0 Å². The van der Waals surface area contributed by atoms with Crippen LogP contribution in [0.2, 0.25) is 0 Å². The first-order valence-corrected chi connectivity index (χ1v) is 9.11. The Bertz CT molecular complexity index is 564. The van der Waals surface area contributed by atoms with E-state index < -0.39 is 10.0 Å². The number of nitrogens with one attached hydrogen (secondary N) is 2. The monoisotopic (exact) mass is 314 g/mol. The van der Waals surface area contributed by atoms with Crippen molar-refractivity contribution >= 4 is 10.0 Å². The predicted octanol–water partition coefficient (Wildman–Crippen LogP) is 1.64. The Balaban J connectivity index is 2.14. The third-order valence-electron chi connectivity index (χ3n) is 4.16. The van der Waals surface area contributed by atoms with E-state index in [1.165, 1.54) is 10.7 Å². The first kappa shape index (κ1) is 16.5. The SMILES string of the molecule is CCCNCc1c(S(=O)(=O)N(C)CC2CCC2)n[nH]c1C. The van der Waals surface area contributed by atoms with Crippen LogP contribution in [0.15, 0.2) is 5.03 Å². The molecule has 21 heavy (non-hydrogen) atoms. The van der Waals surface area contributed by atoms with Crippen LogP contribution in [0.3, 0.4) is 0 Å². The van der Waals surface area contributed by atoms with Gasteiger partial charge in [-0.25, -0.2) is 8.42 Å². The Morgan fingerprint density at radius 2 is 2.14 bits per heavy atom. The summed E-state index contributed by atoms with van der Waals surface area (Å²) in [5.41, 5.74) is 1.57. The van der Waals surface area contributed by atoms with Crippen LogP contribution < -0.4 is 5.32 Å². The zero-order valence-corrected chi connectivity index (χ0v) is 14.0. The van der Waals surface area contributed by atoms with Crippen LogP contribution in [0.1, 0.15) is 43.9 Å². The molecule has 0 radical (unpaired) electrons. The van der Waals surface area contributed by atoms with Crippen molar-refractivity contribution in [3.05, 3.63) is 11.3 Å². The van der Waals surface area contributed by atoms with Crippen molar-refractivity contribution in [1.82, 2.24) is 19.8 Å². The van der Waals surface area contributed by atoms with Crippen molar-refractivity contribution in [2.75, 3.05) is 20.1 Å². The molecule has 0 spiro atoms. The lowest BCUT2D eigenvalue weighted by Gasteiger charge is -2.29. The van der Waals surface area contributed by atoms with Gasteiger partial charge in [0.1, 0.15) is 0 Å². The average molecular weight is 314 g/mol. The van der Waals surface area contributed by atoms with E-state index in [0.29, 0.717) is 19.0 Å². The second-order valence-electron chi connectivity index (χ2n) is 5.89. The van der Waals surface area contributed by atoms with E-state index >= 15 is 0 Å². The van der Waals surface area contributed by atoms with Crippen LogP contribution in [0.25, 0.3) is 0 Å². The molecular formula is C14H26N4O2S. The van der Waals surface area contributed by atoms with E-state index in [1.54, 1.807) is 7.05 Å². The average Bonchev–Trinajstić information content (AvgIpc) is 2.76. The number of hydrogen-bond acceptors (Lipinski definition) is 4. The molecule has 1 heterocycles. The van der Waals surface area contributed by atoms with Gasteiger partial charge in [0, 0.05) is 31.4 Å². The fourth-order valence-corrected chi connectivity index (χ4v) is 3.93. The number of aromatic amines is 1. The molecule has 0 atom stereocenters. The van der Waals surface area contributed by atoms with E-state index in [-0.39, 0.29) is 5.03 Å². The molecule has 1 aromatic rings. The predicted molar refractivity (Wildman–Crippen MR) is 82.5 cm³/mol. The number of sulfonamides is 1. The van der Waals surface area contributed by atoms with Crippen LogP contribution in [-0.4, -0.2) is 43.1 Å². The zero-order valence-electron chi connectivity index (χ0n) is 13.1. The number of hydrogen-bond donors (Lipinski definition) is 2. The van der Waals surface area contributed by atoms with Gasteiger partial charge in [0.05, 0.1) is 0 Å². The molecule has 120 valence electrons. The van der Waals surface area contributed by atoms with Crippen molar-refractivity contribution in [2.45, 2.75) is 51.1 Å². The summed E-state index contributed by atoms with van der Waals surface area (Å²) in [6.07, 6.45) is 4.49. The van der Waals surface area contributed by atoms with Gasteiger partial charge in [-0.15, -0.1) is 0 Å². The third kappa shape index (κ3) is 3.64. The van der Waals surface area contributed by atoms with Crippen LogP contribution in [-0.2, 0) is 16.6 Å². The maximum Gasteiger partial charge on any atom is 0.262 e. The number of nitrogens with zero attached hydrogens (tertiary/aromatic N) is 2. The Labute approximate surface area is 127 Å². The fraction of sp³-hybridized carbons (Fsp3) is 0.786. The minimum Gasteiger partial charge on any atom is -0.313 e. The quantitative estimate of drug-likeness (QED) is 0.715. The lowest BCUT2D eigenvalue weighted by atomic mass is 9.86. The maximum atomic E-state index is 12.7. The molecule has 1 aliphatic carbocycles. The summed E-state index contributed by atoms with van der Waals surface area (Å²) in [7, 11) is -1.85. The number of aromatic nitrogens is 2. The zero-order chi connectivity index (χ0) is 15.5. The lowest BCUT2D eigenvalue weighted by Crippen LogP contribution is -2.35. The normalized spacial score (nSPS) is 16.4. The molecule has 0 aliphatic heterocycles. The molecule has 0 saturated heterocycles. The van der Waals surface area contributed by atoms with Crippen molar-refractivity contribution in [2.24, 2.45) is 5.92 Å². The van der Waals surface area contributed by atoms with Gasteiger partial charge in [0.2, 0.25) is 0 Å². The molecule has 1 aliphatic rings. The molecule has 0 amide bonds. The topological polar surface area (TPSA) is 78.1 Å². The molecule has 1 fully saturated rings. The van der Waals surface area contributed by atoms with Gasteiger partial charge < -0.3 is 5.32 Å². The Morgan fingerprint density at radius 1 is 1.43 bits per heavy atom. The molecule has 2 N–H and O–H groups in total. The maximum absolute atomic E-state index is 12.7. The van der Waals surface area contributed by atoms with Gasteiger partial charge in [-0.05, 0) is 38.6 Å². The van der Waals surface area contributed by atoms with Crippen molar-refractivity contribution in [3.63, 3.8) is 0 Å².